The van der Waals surface area contributed by atoms with E-state index in [1.165, 1.54) is 0 Å². The van der Waals surface area contributed by atoms with Crippen LogP contribution in [0.3, 0.4) is 0 Å². The van der Waals surface area contributed by atoms with Gasteiger partial charge in [0, 0.05) is 62.2 Å². The Morgan fingerprint density at radius 2 is 0.879 bits per heavy atom. The van der Waals surface area contributed by atoms with Crippen LogP contribution in [0.2, 0.25) is 0 Å². The molecule has 5 nitrogen and oxygen atoms in total. The number of aromatic nitrogens is 5. The number of fused-ring (bicyclic) bond motifs is 8. The Balaban J connectivity index is 0.947. The summed E-state index contributed by atoms with van der Waals surface area (Å²) in [5.41, 5.74) is 12.2. The number of benzene rings is 7. The van der Waals surface area contributed by atoms with E-state index in [2.05, 4.69) is 169 Å². The molecule has 0 fully saturated rings. The molecule has 0 aliphatic rings. The Hall–Kier alpha value is -7.89. The van der Waals surface area contributed by atoms with Gasteiger partial charge in [-0.25, -0.2) is 15.0 Å². The highest BCUT2D eigenvalue weighted by Gasteiger charge is 2.19. The molecule has 0 aliphatic carbocycles. The van der Waals surface area contributed by atoms with Crippen LogP contribution in [0.15, 0.2) is 188 Å². The van der Waals surface area contributed by atoms with Crippen molar-refractivity contribution in [2.45, 2.75) is 0 Å². The summed E-state index contributed by atoms with van der Waals surface area (Å²) in [7, 11) is 0. The average molecular weight is 738 g/mol. The smallest absolute Gasteiger partial charge is 0.0972 e. The van der Waals surface area contributed by atoms with Crippen LogP contribution in [0.1, 0.15) is 0 Å². The number of pyridine rings is 5. The molecule has 5 heteroatoms. The number of rotatable bonds is 4. The van der Waals surface area contributed by atoms with Gasteiger partial charge < -0.3 is 0 Å². The molecular weight excluding hydrogens is 707 g/mol. The van der Waals surface area contributed by atoms with Gasteiger partial charge in [-0.1, -0.05) is 115 Å². The van der Waals surface area contributed by atoms with Crippen molar-refractivity contribution < 1.29 is 0 Å². The van der Waals surface area contributed by atoms with Crippen molar-refractivity contribution in [3.8, 4) is 44.9 Å². The molecule has 12 aromatic rings. The van der Waals surface area contributed by atoms with Gasteiger partial charge >= 0.3 is 0 Å². The topological polar surface area (TPSA) is 64.5 Å². The van der Waals surface area contributed by atoms with Gasteiger partial charge in [-0.2, -0.15) is 0 Å². The van der Waals surface area contributed by atoms with Gasteiger partial charge in [-0.15, -0.1) is 0 Å². The van der Waals surface area contributed by atoms with Crippen molar-refractivity contribution in [1.82, 2.24) is 24.9 Å². The zero-order valence-electron chi connectivity index (χ0n) is 31.1. The molecule has 0 spiro atoms. The van der Waals surface area contributed by atoms with Crippen molar-refractivity contribution in [2.24, 2.45) is 0 Å². The predicted molar refractivity (Wildman–Crippen MR) is 240 cm³/mol. The van der Waals surface area contributed by atoms with E-state index < -0.39 is 0 Å². The van der Waals surface area contributed by atoms with E-state index in [1.807, 2.05) is 24.7 Å². The summed E-state index contributed by atoms with van der Waals surface area (Å²) >= 11 is 0. The van der Waals surface area contributed by atoms with E-state index in [-0.39, 0.29) is 0 Å². The lowest BCUT2D eigenvalue weighted by atomic mass is 9.88. The van der Waals surface area contributed by atoms with Gasteiger partial charge in [0.25, 0.3) is 0 Å². The van der Waals surface area contributed by atoms with Crippen LogP contribution < -0.4 is 0 Å². The van der Waals surface area contributed by atoms with Crippen molar-refractivity contribution >= 4 is 75.9 Å². The van der Waals surface area contributed by atoms with Crippen LogP contribution in [0.25, 0.3) is 121 Å². The van der Waals surface area contributed by atoms with Gasteiger partial charge in [0.1, 0.15) is 0 Å². The van der Waals surface area contributed by atoms with Gasteiger partial charge in [-0.3, -0.25) is 9.97 Å². The first kappa shape index (κ1) is 32.4. The molecule has 0 amide bonds. The lowest BCUT2D eigenvalue weighted by molar-refractivity contribution is 1.36. The van der Waals surface area contributed by atoms with Crippen molar-refractivity contribution in [1.29, 1.82) is 0 Å². The summed E-state index contributed by atoms with van der Waals surface area (Å²) in [5, 5.41) is 11.2. The second-order valence-electron chi connectivity index (χ2n) is 14.9. The van der Waals surface area contributed by atoms with Crippen LogP contribution in [0.4, 0.5) is 0 Å². The van der Waals surface area contributed by atoms with E-state index >= 15 is 0 Å². The molecule has 0 aliphatic heterocycles. The van der Waals surface area contributed by atoms with E-state index in [4.69, 9.17) is 19.9 Å². The van der Waals surface area contributed by atoms with Crippen molar-refractivity contribution in [3.05, 3.63) is 188 Å². The highest BCUT2D eigenvalue weighted by atomic mass is 14.8. The lowest BCUT2D eigenvalue weighted by Crippen LogP contribution is -1.95. The SMILES string of the molecule is c1cc(-c2ccc3cc(-c4ccc5nc(-c6c7ccccc7c(-c7ccc8ccc9cccnc9c8n7)c7ccccc67)ccc5c4)ccc3n2)c2ccncc2c1. The first-order valence-electron chi connectivity index (χ1n) is 19.5. The maximum absolute atomic E-state index is 5.33. The zero-order chi connectivity index (χ0) is 38.2. The van der Waals surface area contributed by atoms with Crippen molar-refractivity contribution in [2.75, 3.05) is 0 Å². The fraction of sp³-hybridized carbons (Fsp3) is 0. The molecule has 7 aromatic carbocycles. The number of nitrogens with zero attached hydrogens (tertiary/aromatic N) is 5. The Labute approximate surface area is 333 Å². The van der Waals surface area contributed by atoms with E-state index in [9.17, 15) is 0 Å². The summed E-state index contributed by atoms with van der Waals surface area (Å²) in [6, 6.07) is 60.0. The van der Waals surface area contributed by atoms with E-state index in [0.717, 1.165) is 121 Å². The van der Waals surface area contributed by atoms with Crippen LogP contribution >= 0.6 is 0 Å². The molecular formula is C53H31N5. The highest BCUT2D eigenvalue weighted by Crippen LogP contribution is 2.43. The molecule has 0 radical (unpaired) electrons. The highest BCUT2D eigenvalue weighted by molar-refractivity contribution is 6.21. The van der Waals surface area contributed by atoms with Crippen molar-refractivity contribution in [3.63, 3.8) is 0 Å². The third kappa shape index (κ3) is 5.14. The minimum absolute atomic E-state index is 0.910. The average Bonchev–Trinajstić information content (AvgIpc) is 3.29. The largest absolute Gasteiger partial charge is 0.264 e. The molecule has 12 rings (SSSR count). The number of hydrogen-bond donors (Lipinski definition) is 0. The maximum atomic E-state index is 5.33. The minimum atomic E-state index is 0.910. The zero-order valence-corrected chi connectivity index (χ0v) is 31.1. The Morgan fingerprint density at radius 1 is 0.328 bits per heavy atom. The molecule has 0 atom stereocenters. The molecule has 268 valence electrons. The molecule has 58 heavy (non-hydrogen) atoms. The normalized spacial score (nSPS) is 11.8. The second kappa shape index (κ2) is 12.8. The molecule has 5 heterocycles. The summed E-state index contributed by atoms with van der Waals surface area (Å²) < 4.78 is 0. The maximum Gasteiger partial charge on any atom is 0.0972 e. The molecule has 0 unspecified atom stereocenters. The van der Waals surface area contributed by atoms with Gasteiger partial charge in [0.05, 0.1) is 39.1 Å². The monoisotopic (exact) mass is 737 g/mol. The fourth-order valence-corrected chi connectivity index (χ4v) is 8.79. The molecule has 0 saturated heterocycles. The van der Waals surface area contributed by atoms with Crippen LogP contribution in [0, 0.1) is 0 Å². The summed E-state index contributed by atoms with van der Waals surface area (Å²) in [5.74, 6) is 0. The van der Waals surface area contributed by atoms with Crippen LogP contribution in [-0.4, -0.2) is 24.9 Å². The first-order valence-corrected chi connectivity index (χ1v) is 19.5. The third-order valence-electron chi connectivity index (χ3n) is 11.5. The summed E-state index contributed by atoms with van der Waals surface area (Å²) in [4.78, 5) is 24.7. The van der Waals surface area contributed by atoms with E-state index in [1.54, 1.807) is 0 Å². The van der Waals surface area contributed by atoms with Crippen LogP contribution in [-0.2, 0) is 0 Å². The summed E-state index contributed by atoms with van der Waals surface area (Å²) in [6.07, 6.45) is 5.58. The lowest BCUT2D eigenvalue weighted by Gasteiger charge is -2.17. The molecule has 0 bridgehead atoms. The Kier molecular flexibility index (Phi) is 7.16. The van der Waals surface area contributed by atoms with Gasteiger partial charge in [0.2, 0.25) is 0 Å². The fourth-order valence-electron chi connectivity index (χ4n) is 8.79. The quantitative estimate of drug-likeness (QED) is 0.133. The first-order chi connectivity index (χ1) is 28.7. The number of hydrogen-bond acceptors (Lipinski definition) is 5. The molecule has 0 saturated carbocycles. The third-order valence-corrected chi connectivity index (χ3v) is 11.5. The summed E-state index contributed by atoms with van der Waals surface area (Å²) in [6.45, 7) is 0. The predicted octanol–water partition coefficient (Wildman–Crippen LogP) is 13.4. The molecule has 0 N–H and O–H groups in total. The van der Waals surface area contributed by atoms with Gasteiger partial charge in [-0.05, 0) is 92.7 Å². The second-order valence-corrected chi connectivity index (χ2v) is 14.9. The molecule has 5 aromatic heterocycles. The van der Waals surface area contributed by atoms with Crippen LogP contribution in [0.5, 0.6) is 0 Å². The minimum Gasteiger partial charge on any atom is -0.264 e. The van der Waals surface area contributed by atoms with Gasteiger partial charge in [0.15, 0.2) is 0 Å². The Morgan fingerprint density at radius 3 is 1.55 bits per heavy atom. The Bertz CT molecular complexity index is 3590. The standard InChI is InChI=1S/C53H31N5/c1-3-11-43-41(9-1)50(42-10-2-4-12-44(42)51(43)49-24-16-33-15-14-32-8-6-27-55-52(32)53(33)58-49)48-25-20-37-30-35(18-22-46(37)57-48)34-17-21-45-36(29-34)19-23-47(56-45)40-13-5-7-38-31-54-28-26-39(38)40/h1-31H. The van der Waals surface area contributed by atoms with E-state index in [0.29, 0.717) is 0 Å².